The Balaban J connectivity index is 1.88. The zero-order chi connectivity index (χ0) is 25.6. The molecule has 186 valence electrons. The first-order valence-electron chi connectivity index (χ1n) is 10.4. The standard InChI is InChI=1S/C23H22O12/c1-8(25)33-23-21(32)19(30)16(7-24)35-22(23)18-13(29)6-15-17(20(18)31)12(28)5-14(34-15)9-2-3-10(26)11(27)4-9/h2-6,16,19,21-24,26-27,29-32H,7H2,1H3. The van der Waals surface area contributed by atoms with Crippen LogP contribution in [0.15, 0.2) is 39.5 Å². The van der Waals surface area contributed by atoms with E-state index in [1.165, 1.54) is 12.1 Å². The van der Waals surface area contributed by atoms with Crippen LogP contribution in [-0.4, -0.2) is 72.7 Å². The van der Waals surface area contributed by atoms with Crippen molar-refractivity contribution in [3.8, 4) is 34.3 Å². The van der Waals surface area contributed by atoms with E-state index < -0.39 is 71.3 Å². The number of hydrogen-bond donors (Lipinski definition) is 7. The number of ether oxygens (including phenoxy) is 2. The van der Waals surface area contributed by atoms with E-state index >= 15 is 0 Å². The molecule has 5 unspecified atom stereocenters. The third kappa shape index (κ3) is 4.23. The number of hydrogen-bond acceptors (Lipinski definition) is 12. The van der Waals surface area contributed by atoms with Crippen LogP contribution in [0.3, 0.4) is 0 Å². The first kappa shape index (κ1) is 24.3. The van der Waals surface area contributed by atoms with Crippen LogP contribution in [0.2, 0.25) is 0 Å². The van der Waals surface area contributed by atoms with E-state index in [1.54, 1.807) is 0 Å². The molecule has 1 aliphatic heterocycles. The van der Waals surface area contributed by atoms with Crippen molar-refractivity contribution in [1.82, 2.24) is 0 Å². The Morgan fingerprint density at radius 3 is 2.34 bits per heavy atom. The third-order valence-electron chi connectivity index (χ3n) is 5.72. The number of phenolic OH excluding ortho intramolecular Hbond substituents is 4. The summed E-state index contributed by atoms with van der Waals surface area (Å²) in [7, 11) is 0. The summed E-state index contributed by atoms with van der Waals surface area (Å²) in [6.45, 7) is 0.285. The summed E-state index contributed by atoms with van der Waals surface area (Å²) in [5, 5.41) is 70.7. The minimum absolute atomic E-state index is 0.0463. The van der Waals surface area contributed by atoms with Crippen molar-refractivity contribution in [1.29, 1.82) is 0 Å². The normalized spacial score (nSPS) is 24.4. The highest BCUT2D eigenvalue weighted by Gasteiger charge is 2.48. The summed E-state index contributed by atoms with van der Waals surface area (Å²) in [5.41, 5.74) is -1.23. The topological polar surface area (TPSA) is 207 Å². The van der Waals surface area contributed by atoms with Gasteiger partial charge in [0.1, 0.15) is 52.6 Å². The molecule has 3 aromatic rings. The van der Waals surface area contributed by atoms with Crippen LogP contribution >= 0.6 is 0 Å². The molecule has 0 amide bonds. The van der Waals surface area contributed by atoms with Gasteiger partial charge in [0.05, 0.1) is 12.2 Å². The molecule has 1 fully saturated rings. The molecular formula is C23H22O12. The predicted molar refractivity (Wildman–Crippen MR) is 117 cm³/mol. The monoisotopic (exact) mass is 490 g/mol. The Hall–Kier alpha value is -3.84. The van der Waals surface area contributed by atoms with Crippen LogP contribution in [0.1, 0.15) is 18.6 Å². The smallest absolute Gasteiger partial charge is 0.303 e. The minimum Gasteiger partial charge on any atom is -0.507 e. The van der Waals surface area contributed by atoms with Gasteiger partial charge in [-0.25, -0.2) is 0 Å². The lowest BCUT2D eigenvalue weighted by Gasteiger charge is -2.42. The number of aliphatic hydroxyl groups is 3. The maximum absolute atomic E-state index is 12.9. The second kappa shape index (κ2) is 9.07. The molecule has 1 saturated heterocycles. The molecule has 0 radical (unpaired) electrons. The van der Waals surface area contributed by atoms with E-state index in [1.807, 2.05) is 0 Å². The van der Waals surface area contributed by atoms with Crippen LogP contribution in [0.25, 0.3) is 22.3 Å². The summed E-state index contributed by atoms with van der Waals surface area (Å²) < 4.78 is 16.2. The van der Waals surface area contributed by atoms with E-state index in [0.29, 0.717) is 0 Å². The summed E-state index contributed by atoms with van der Waals surface area (Å²) in [4.78, 5) is 24.5. The Morgan fingerprint density at radius 2 is 1.71 bits per heavy atom. The molecule has 1 aliphatic rings. The first-order chi connectivity index (χ1) is 16.5. The average Bonchev–Trinajstić information content (AvgIpc) is 2.79. The van der Waals surface area contributed by atoms with Gasteiger partial charge in [-0.3, -0.25) is 9.59 Å². The van der Waals surface area contributed by atoms with Crippen LogP contribution in [0.4, 0.5) is 0 Å². The van der Waals surface area contributed by atoms with Gasteiger partial charge >= 0.3 is 5.97 Å². The third-order valence-corrected chi connectivity index (χ3v) is 5.72. The summed E-state index contributed by atoms with van der Waals surface area (Å²) in [6.07, 6.45) is -7.96. The highest BCUT2D eigenvalue weighted by molar-refractivity contribution is 5.88. The van der Waals surface area contributed by atoms with Gasteiger partial charge in [-0.05, 0) is 18.2 Å². The van der Waals surface area contributed by atoms with Crippen molar-refractivity contribution in [3.05, 3.63) is 46.1 Å². The molecule has 0 aliphatic carbocycles. The number of esters is 1. The Morgan fingerprint density at radius 1 is 1.00 bits per heavy atom. The number of rotatable bonds is 4. The number of phenols is 4. The number of fused-ring (bicyclic) bond motifs is 1. The minimum atomic E-state index is -1.76. The number of benzene rings is 2. The number of aromatic hydroxyl groups is 4. The van der Waals surface area contributed by atoms with Crippen molar-refractivity contribution >= 4 is 16.9 Å². The van der Waals surface area contributed by atoms with Crippen LogP contribution in [-0.2, 0) is 14.3 Å². The maximum Gasteiger partial charge on any atom is 0.303 e. The van der Waals surface area contributed by atoms with Gasteiger partial charge in [0, 0.05) is 24.6 Å². The second-order valence-corrected chi connectivity index (χ2v) is 8.04. The van der Waals surface area contributed by atoms with Crippen LogP contribution in [0, 0.1) is 0 Å². The van der Waals surface area contributed by atoms with E-state index in [-0.39, 0.29) is 28.0 Å². The highest BCUT2D eigenvalue weighted by Crippen LogP contribution is 2.45. The van der Waals surface area contributed by atoms with Crippen molar-refractivity contribution in [2.24, 2.45) is 0 Å². The van der Waals surface area contributed by atoms with Crippen molar-refractivity contribution in [2.45, 2.75) is 37.4 Å². The summed E-state index contributed by atoms with van der Waals surface area (Å²) >= 11 is 0. The first-order valence-corrected chi connectivity index (χ1v) is 10.4. The summed E-state index contributed by atoms with van der Waals surface area (Å²) in [5.74, 6) is -3.22. The lowest BCUT2D eigenvalue weighted by Crippen LogP contribution is -2.56. The highest BCUT2D eigenvalue weighted by atomic mass is 16.6. The van der Waals surface area contributed by atoms with Gasteiger partial charge in [0.15, 0.2) is 23.0 Å². The molecule has 0 spiro atoms. The molecule has 5 atom stereocenters. The SMILES string of the molecule is CC(=O)OC1C(c2c(O)cc3oc(-c4ccc(O)c(O)c4)cc(=O)c3c2O)OC(CO)C(O)C1O. The lowest BCUT2D eigenvalue weighted by molar-refractivity contribution is -0.241. The number of carbonyl (C=O) groups excluding carboxylic acids is 1. The fraction of sp³-hybridized carbons (Fsp3) is 0.304. The largest absolute Gasteiger partial charge is 0.507 e. The molecule has 4 rings (SSSR count). The molecule has 2 aromatic carbocycles. The fourth-order valence-corrected chi connectivity index (χ4v) is 4.05. The average molecular weight is 490 g/mol. The molecule has 12 nitrogen and oxygen atoms in total. The Labute approximate surface area is 196 Å². The van der Waals surface area contributed by atoms with Gasteiger partial charge in [-0.15, -0.1) is 0 Å². The molecule has 0 saturated carbocycles. The van der Waals surface area contributed by atoms with Crippen LogP contribution < -0.4 is 5.43 Å². The van der Waals surface area contributed by atoms with E-state index in [4.69, 9.17) is 13.9 Å². The van der Waals surface area contributed by atoms with E-state index in [0.717, 1.165) is 25.1 Å². The number of aliphatic hydroxyl groups excluding tert-OH is 3. The Bertz CT molecular complexity index is 1350. The maximum atomic E-state index is 12.9. The quantitative estimate of drug-likeness (QED) is 0.195. The zero-order valence-corrected chi connectivity index (χ0v) is 18.2. The van der Waals surface area contributed by atoms with Gasteiger partial charge in [-0.2, -0.15) is 0 Å². The van der Waals surface area contributed by atoms with Gasteiger partial charge < -0.3 is 49.6 Å². The molecule has 1 aromatic heterocycles. The number of carbonyl (C=O) groups is 1. The molecule has 0 bridgehead atoms. The molecule has 35 heavy (non-hydrogen) atoms. The molecule has 2 heterocycles. The molecular weight excluding hydrogens is 468 g/mol. The van der Waals surface area contributed by atoms with Crippen molar-refractivity contribution < 1.29 is 54.4 Å². The molecule has 7 N–H and O–H groups in total. The van der Waals surface area contributed by atoms with Gasteiger partial charge in [0.2, 0.25) is 0 Å². The lowest BCUT2D eigenvalue weighted by atomic mass is 9.89. The van der Waals surface area contributed by atoms with Gasteiger partial charge in [-0.1, -0.05) is 0 Å². The van der Waals surface area contributed by atoms with Crippen molar-refractivity contribution in [2.75, 3.05) is 6.61 Å². The predicted octanol–water partition coefficient (Wildman–Crippen LogP) is 0.368. The van der Waals surface area contributed by atoms with E-state index in [9.17, 15) is 45.3 Å². The van der Waals surface area contributed by atoms with Crippen LogP contribution in [0.5, 0.6) is 23.0 Å². The zero-order valence-electron chi connectivity index (χ0n) is 18.2. The Kier molecular flexibility index (Phi) is 6.30. The molecule has 12 heteroatoms. The van der Waals surface area contributed by atoms with E-state index in [2.05, 4.69) is 0 Å². The second-order valence-electron chi connectivity index (χ2n) is 8.04. The van der Waals surface area contributed by atoms with Gasteiger partial charge in [0.25, 0.3) is 0 Å². The van der Waals surface area contributed by atoms with Crippen molar-refractivity contribution in [3.63, 3.8) is 0 Å². The fourth-order valence-electron chi connectivity index (χ4n) is 4.05. The summed E-state index contributed by atoms with van der Waals surface area (Å²) in [6, 6.07) is 5.70.